The molecule has 0 saturated carbocycles. The van der Waals surface area contributed by atoms with E-state index >= 15 is 0 Å². The van der Waals surface area contributed by atoms with Crippen LogP contribution in [-0.2, 0) is 6.54 Å². The van der Waals surface area contributed by atoms with Gasteiger partial charge >= 0.3 is 0 Å². The fourth-order valence-corrected chi connectivity index (χ4v) is 3.80. The molecular formula is C16H22ClN3S. The van der Waals surface area contributed by atoms with E-state index in [1.807, 2.05) is 12.1 Å². The molecule has 2 heterocycles. The monoisotopic (exact) mass is 323 g/mol. The van der Waals surface area contributed by atoms with E-state index in [0.29, 0.717) is 4.99 Å². The number of halogens is 1. The SMILES string of the molecule is NC(=S)c1ccc(CN2CCC(N3CCCC3)C2)c(Cl)c1. The fraction of sp³-hybridized carbons (Fsp3) is 0.562. The van der Waals surface area contributed by atoms with Crippen molar-refractivity contribution in [2.45, 2.75) is 31.8 Å². The molecule has 1 aromatic carbocycles. The summed E-state index contributed by atoms with van der Waals surface area (Å²) in [5, 5.41) is 0.768. The second-order valence-corrected chi connectivity index (χ2v) is 6.94. The zero-order valence-corrected chi connectivity index (χ0v) is 13.8. The van der Waals surface area contributed by atoms with Crippen molar-refractivity contribution < 1.29 is 0 Å². The summed E-state index contributed by atoms with van der Waals surface area (Å²) in [6.45, 7) is 5.80. The van der Waals surface area contributed by atoms with E-state index in [1.165, 1.54) is 37.9 Å². The van der Waals surface area contributed by atoms with Gasteiger partial charge in [-0.3, -0.25) is 9.80 Å². The molecule has 0 bridgehead atoms. The van der Waals surface area contributed by atoms with Gasteiger partial charge in [-0.25, -0.2) is 0 Å². The summed E-state index contributed by atoms with van der Waals surface area (Å²) in [7, 11) is 0. The topological polar surface area (TPSA) is 32.5 Å². The molecule has 2 N–H and O–H groups in total. The van der Waals surface area contributed by atoms with Gasteiger partial charge in [0.15, 0.2) is 0 Å². The van der Waals surface area contributed by atoms with Crippen molar-refractivity contribution in [3.05, 3.63) is 34.3 Å². The summed E-state index contributed by atoms with van der Waals surface area (Å²) < 4.78 is 0. The summed E-state index contributed by atoms with van der Waals surface area (Å²) in [6.07, 6.45) is 4.01. The van der Waals surface area contributed by atoms with Crippen LogP contribution < -0.4 is 5.73 Å². The van der Waals surface area contributed by atoms with Gasteiger partial charge in [0, 0.05) is 36.3 Å². The Labute approximate surface area is 137 Å². The summed E-state index contributed by atoms with van der Waals surface area (Å²) in [5.41, 5.74) is 7.65. The lowest BCUT2D eigenvalue weighted by molar-refractivity contribution is 0.230. The van der Waals surface area contributed by atoms with E-state index < -0.39 is 0 Å². The Hall–Kier alpha value is -0.680. The van der Waals surface area contributed by atoms with Crippen molar-refractivity contribution in [2.75, 3.05) is 26.2 Å². The van der Waals surface area contributed by atoms with Gasteiger partial charge in [0.1, 0.15) is 4.99 Å². The molecule has 3 rings (SSSR count). The van der Waals surface area contributed by atoms with Gasteiger partial charge in [-0.15, -0.1) is 0 Å². The quantitative estimate of drug-likeness (QED) is 0.863. The smallest absolute Gasteiger partial charge is 0.104 e. The minimum atomic E-state index is 0.402. The van der Waals surface area contributed by atoms with Crippen molar-refractivity contribution in [1.82, 2.24) is 9.80 Å². The molecule has 3 nitrogen and oxygen atoms in total. The van der Waals surface area contributed by atoms with Gasteiger partial charge < -0.3 is 5.73 Å². The highest BCUT2D eigenvalue weighted by atomic mass is 35.5. The Morgan fingerprint density at radius 3 is 2.71 bits per heavy atom. The molecule has 5 heteroatoms. The number of nitrogens with two attached hydrogens (primary N) is 1. The Morgan fingerprint density at radius 1 is 1.29 bits per heavy atom. The number of benzene rings is 1. The fourth-order valence-electron chi connectivity index (χ4n) is 3.43. The minimum Gasteiger partial charge on any atom is -0.389 e. The maximum absolute atomic E-state index is 6.36. The second-order valence-electron chi connectivity index (χ2n) is 6.09. The second kappa shape index (κ2) is 6.61. The van der Waals surface area contributed by atoms with Gasteiger partial charge in [0.25, 0.3) is 0 Å². The molecule has 1 unspecified atom stereocenters. The molecule has 2 fully saturated rings. The number of likely N-dealkylation sites (tertiary alicyclic amines) is 2. The normalized spacial score (nSPS) is 23.8. The molecule has 0 radical (unpaired) electrons. The molecule has 1 atom stereocenters. The lowest BCUT2D eigenvalue weighted by atomic mass is 10.1. The zero-order chi connectivity index (χ0) is 14.8. The van der Waals surface area contributed by atoms with E-state index in [4.69, 9.17) is 29.6 Å². The standard InChI is InChI=1S/C16H22ClN3S/c17-15-9-12(16(18)21)3-4-13(15)10-19-8-5-14(11-19)20-6-1-2-7-20/h3-4,9,14H,1-2,5-8,10-11H2,(H2,18,21). The van der Waals surface area contributed by atoms with Crippen molar-refractivity contribution in [3.8, 4) is 0 Å². The van der Waals surface area contributed by atoms with E-state index in [9.17, 15) is 0 Å². The number of hydrogen-bond donors (Lipinski definition) is 1. The van der Waals surface area contributed by atoms with Crippen LogP contribution in [0.3, 0.4) is 0 Å². The van der Waals surface area contributed by atoms with Crippen molar-refractivity contribution in [2.24, 2.45) is 5.73 Å². The molecule has 2 aliphatic heterocycles. The highest BCUT2D eigenvalue weighted by Gasteiger charge is 2.29. The third kappa shape index (κ3) is 3.57. The first-order valence-electron chi connectivity index (χ1n) is 7.68. The first-order valence-corrected chi connectivity index (χ1v) is 8.47. The molecule has 2 aliphatic rings. The summed E-state index contributed by atoms with van der Waals surface area (Å²) >= 11 is 11.4. The number of thiocarbonyl (C=S) groups is 1. The summed E-state index contributed by atoms with van der Waals surface area (Å²) in [6, 6.07) is 6.65. The van der Waals surface area contributed by atoms with Crippen LogP contribution in [0.2, 0.25) is 5.02 Å². The highest BCUT2D eigenvalue weighted by molar-refractivity contribution is 7.80. The van der Waals surface area contributed by atoms with E-state index in [2.05, 4.69) is 15.9 Å². The van der Waals surface area contributed by atoms with E-state index in [1.54, 1.807) is 0 Å². The van der Waals surface area contributed by atoms with Gasteiger partial charge in [0.05, 0.1) is 0 Å². The van der Waals surface area contributed by atoms with Crippen LogP contribution >= 0.6 is 23.8 Å². The van der Waals surface area contributed by atoms with Crippen LogP contribution in [0.4, 0.5) is 0 Å². The number of rotatable bonds is 4. The zero-order valence-electron chi connectivity index (χ0n) is 12.2. The van der Waals surface area contributed by atoms with Crippen LogP contribution in [0, 0.1) is 0 Å². The van der Waals surface area contributed by atoms with Gasteiger partial charge in [0.2, 0.25) is 0 Å². The number of hydrogen-bond acceptors (Lipinski definition) is 3. The molecule has 1 aromatic rings. The van der Waals surface area contributed by atoms with Crippen molar-refractivity contribution in [1.29, 1.82) is 0 Å². The summed E-state index contributed by atoms with van der Waals surface area (Å²) in [5.74, 6) is 0. The van der Waals surface area contributed by atoms with Crippen LogP contribution in [0.25, 0.3) is 0 Å². The minimum absolute atomic E-state index is 0.402. The van der Waals surface area contributed by atoms with Gasteiger partial charge in [-0.05, 0) is 44.0 Å². The van der Waals surface area contributed by atoms with Crippen LogP contribution in [-0.4, -0.2) is 47.0 Å². The predicted molar refractivity (Wildman–Crippen MR) is 91.8 cm³/mol. The Bertz CT molecular complexity index is 528. The first kappa shape index (κ1) is 15.2. The van der Waals surface area contributed by atoms with Crippen LogP contribution in [0.5, 0.6) is 0 Å². The Kier molecular flexibility index (Phi) is 4.79. The van der Waals surface area contributed by atoms with Gasteiger partial charge in [-0.1, -0.05) is 36.0 Å². The van der Waals surface area contributed by atoms with Crippen molar-refractivity contribution in [3.63, 3.8) is 0 Å². The van der Waals surface area contributed by atoms with Crippen LogP contribution in [0.15, 0.2) is 18.2 Å². The molecule has 0 spiro atoms. The Balaban J connectivity index is 1.61. The molecule has 114 valence electrons. The van der Waals surface area contributed by atoms with Crippen molar-refractivity contribution >= 4 is 28.8 Å². The third-order valence-corrected chi connectivity index (χ3v) is 5.22. The number of nitrogens with zero attached hydrogens (tertiary/aromatic N) is 2. The highest BCUT2D eigenvalue weighted by Crippen LogP contribution is 2.24. The lowest BCUT2D eigenvalue weighted by Crippen LogP contribution is -2.35. The average molecular weight is 324 g/mol. The van der Waals surface area contributed by atoms with E-state index in [-0.39, 0.29) is 0 Å². The van der Waals surface area contributed by atoms with Crippen LogP contribution in [0.1, 0.15) is 30.4 Å². The third-order valence-electron chi connectivity index (χ3n) is 4.64. The largest absolute Gasteiger partial charge is 0.389 e. The molecular weight excluding hydrogens is 302 g/mol. The molecule has 0 aromatic heterocycles. The van der Waals surface area contributed by atoms with Gasteiger partial charge in [-0.2, -0.15) is 0 Å². The summed E-state index contributed by atoms with van der Waals surface area (Å²) in [4.78, 5) is 5.56. The molecule has 0 amide bonds. The molecule has 2 saturated heterocycles. The first-order chi connectivity index (χ1) is 10.1. The lowest BCUT2D eigenvalue weighted by Gasteiger charge is -2.24. The average Bonchev–Trinajstić information content (AvgIpc) is 3.11. The van der Waals surface area contributed by atoms with E-state index in [0.717, 1.165) is 36.3 Å². The maximum atomic E-state index is 6.36. The molecule has 0 aliphatic carbocycles. The Morgan fingerprint density at radius 2 is 2.05 bits per heavy atom. The molecule has 21 heavy (non-hydrogen) atoms. The maximum Gasteiger partial charge on any atom is 0.104 e. The predicted octanol–water partition coefficient (Wildman–Crippen LogP) is 2.64.